The van der Waals surface area contributed by atoms with Crippen molar-refractivity contribution in [3.05, 3.63) is 80.1 Å². The van der Waals surface area contributed by atoms with Gasteiger partial charge in [-0.15, -0.1) is 31.7 Å². The van der Waals surface area contributed by atoms with Gasteiger partial charge in [0.05, 0.1) is 16.9 Å². The molecule has 0 spiro atoms. The van der Waals surface area contributed by atoms with Crippen molar-refractivity contribution in [2.45, 2.75) is 42.4 Å². The van der Waals surface area contributed by atoms with Crippen molar-refractivity contribution in [1.29, 1.82) is 0 Å². The molecule has 0 amide bonds. The number of aryl methyl sites for hydroxylation is 2. The third-order valence-corrected chi connectivity index (χ3v) is 10.9. The van der Waals surface area contributed by atoms with Crippen molar-refractivity contribution in [3.63, 3.8) is 0 Å². The third kappa shape index (κ3) is 5.11. The van der Waals surface area contributed by atoms with Crippen LogP contribution in [0.2, 0.25) is 10.0 Å². The van der Waals surface area contributed by atoms with E-state index in [4.69, 9.17) is 23.2 Å². The third-order valence-electron chi connectivity index (χ3n) is 7.28. The number of thiophene rings is 1. The van der Waals surface area contributed by atoms with Gasteiger partial charge in [0.25, 0.3) is 0 Å². The summed E-state index contributed by atoms with van der Waals surface area (Å²) in [6.07, 6.45) is 5.46. The van der Waals surface area contributed by atoms with Gasteiger partial charge in [0.1, 0.15) is 4.83 Å². The van der Waals surface area contributed by atoms with Crippen LogP contribution in [0.1, 0.15) is 50.4 Å². The van der Waals surface area contributed by atoms with Crippen LogP contribution in [-0.4, -0.2) is 52.3 Å². The second kappa shape index (κ2) is 11.6. The Bertz CT molecular complexity index is 1980. The average molecular weight is 654 g/mol. The highest BCUT2D eigenvalue weighted by Crippen LogP contribution is 2.40. The zero-order valence-electron chi connectivity index (χ0n) is 22.0. The van der Waals surface area contributed by atoms with E-state index >= 15 is 0 Å². The number of carbonyl (C=O) groups excluding carboxylic acids is 2. The molecule has 4 aromatic heterocycles. The van der Waals surface area contributed by atoms with E-state index in [1.807, 2.05) is 8.80 Å². The Labute approximate surface area is 262 Å². The van der Waals surface area contributed by atoms with Gasteiger partial charge in [-0.2, -0.15) is 0 Å². The molecule has 0 bridgehead atoms. The van der Waals surface area contributed by atoms with E-state index in [9.17, 15) is 9.59 Å². The van der Waals surface area contributed by atoms with Crippen LogP contribution in [0.5, 0.6) is 0 Å². The summed E-state index contributed by atoms with van der Waals surface area (Å²) >= 11 is 16.4. The normalized spacial score (nSPS) is 13.6. The first kappa shape index (κ1) is 27.8. The van der Waals surface area contributed by atoms with Gasteiger partial charge in [0, 0.05) is 26.0 Å². The van der Waals surface area contributed by atoms with Gasteiger partial charge >= 0.3 is 0 Å². The van der Waals surface area contributed by atoms with Crippen LogP contribution in [0.4, 0.5) is 0 Å². The van der Waals surface area contributed by atoms with E-state index in [1.54, 1.807) is 59.9 Å². The molecule has 0 radical (unpaired) electrons. The highest BCUT2D eigenvalue weighted by molar-refractivity contribution is 8.00. The fourth-order valence-electron chi connectivity index (χ4n) is 5.20. The Kier molecular flexibility index (Phi) is 7.70. The number of rotatable bonds is 8. The first-order valence-electron chi connectivity index (χ1n) is 13.4. The topological polar surface area (TPSA) is 94.5 Å². The number of Topliss-reactive ketones (excluding diaryl/α,β-unsaturated/α-hetero) is 2. The Morgan fingerprint density at radius 3 is 1.95 bits per heavy atom. The van der Waals surface area contributed by atoms with Crippen molar-refractivity contribution in [2.24, 2.45) is 0 Å². The quantitative estimate of drug-likeness (QED) is 0.0947. The number of fused-ring (bicyclic) bond motifs is 8. The minimum Gasteiger partial charge on any atom is -0.293 e. The molecular weight excluding hydrogens is 631 g/mol. The lowest BCUT2D eigenvalue weighted by atomic mass is 10.1. The number of thioether (sulfide) groups is 2. The van der Waals surface area contributed by atoms with Crippen molar-refractivity contribution in [2.75, 3.05) is 11.5 Å². The SMILES string of the molecule is O=C(CSc1nnc2c3c4c(sc3n3c(SCC(=O)c5ccc(Cl)cc5)nnc3n12)CCCCC4)c1ccc(Cl)cc1. The maximum atomic E-state index is 13.0. The molecule has 0 atom stereocenters. The largest absolute Gasteiger partial charge is 0.293 e. The first-order valence-corrected chi connectivity index (χ1v) is 16.9. The van der Waals surface area contributed by atoms with E-state index < -0.39 is 0 Å². The number of ketones is 2. The molecule has 13 heteroatoms. The summed E-state index contributed by atoms with van der Waals surface area (Å²) in [4.78, 5) is 28.3. The molecule has 0 fully saturated rings. The number of carbonyl (C=O) groups is 2. The molecule has 7 rings (SSSR count). The van der Waals surface area contributed by atoms with Gasteiger partial charge in [-0.05, 0) is 79.8 Å². The summed E-state index contributed by atoms with van der Waals surface area (Å²) in [5.74, 6) is 0.885. The molecule has 1 aliphatic rings. The lowest BCUT2D eigenvalue weighted by molar-refractivity contribution is 0.101. The highest BCUT2D eigenvalue weighted by atomic mass is 35.5. The maximum Gasteiger partial charge on any atom is 0.245 e. The molecule has 0 saturated heterocycles. The number of hydrogen-bond acceptors (Lipinski definition) is 9. The highest BCUT2D eigenvalue weighted by Gasteiger charge is 2.26. The fourth-order valence-corrected chi connectivity index (χ4v) is 8.54. The van der Waals surface area contributed by atoms with E-state index in [1.165, 1.54) is 40.4 Å². The predicted octanol–water partition coefficient (Wildman–Crippen LogP) is 7.51. The summed E-state index contributed by atoms with van der Waals surface area (Å²) in [5, 5.41) is 21.6. The first-order chi connectivity index (χ1) is 20.5. The molecule has 0 saturated carbocycles. The van der Waals surface area contributed by atoms with Gasteiger partial charge in [-0.25, -0.2) is 8.80 Å². The summed E-state index contributed by atoms with van der Waals surface area (Å²) in [5.41, 5.74) is 3.21. The monoisotopic (exact) mass is 652 g/mol. The summed E-state index contributed by atoms with van der Waals surface area (Å²) < 4.78 is 3.92. The van der Waals surface area contributed by atoms with Gasteiger partial charge < -0.3 is 0 Å². The molecule has 0 aliphatic heterocycles. The summed E-state index contributed by atoms with van der Waals surface area (Å²) in [6, 6.07) is 13.8. The molecule has 212 valence electrons. The molecule has 0 N–H and O–H groups in total. The second-order valence-electron chi connectivity index (χ2n) is 9.94. The van der Waals surface area contributed by atoms with Crippen LogP contribution < -0.4 is 0 Å². The van der Waals surface area contributed by atoms with Crippen LogP contribution in [-0.2, 0) is 12.8 Å². The van der Waals surface area contributed by atoms with Gasteiger partial charge in [-0.1, -0.05) is 53.1 Å². The van der Waals surface area contributed by atoms with Crippen LogP contribution in [0.15, 0.2) is 58.8 Å². The van der Waals surface area contributed by atoms with E-state index in [0.717, 1.165) is 41.5 Å². The zero-order valence-corrected chi connectivity index (χ0v) is 26.0. The second-order valence-corrected chi connectivity index (χ2v) is 13.8. The Balaban J connectivity index is 1.30. The van der Waals surface area contributed by atoms with Crippen LogP contribution >= 0.6 is 58.1 Å². The van der Waals surface area contributed by atoms with Gasteiger partial charge in [0.2, 0.25) is 5.78 Å². The average Bonchev–Trinajstić information content (AvgIpc) is 3.66. The number of halogens is 2. The minimum atomic E-state index is -0.0339. The Hall–Kier alpha value is -2.96. The van der Waals surface area contributed by atoms with Crippen LogP contribution in [0.3, 0.4) is 0 Å². The maximum absolute atomic E-state index is 13.0. The van der Waals surface area contributed by atoms with E-state index in [2.05, 4.69) is 20.4 Å². The molecule has 1 aliphatic carbocycles. The number of benzene rings is 2. The smallest absolute Gasteiger partial charge is 0.245 e. The van der Waals surface area contributed by atoms with Crippen LogP contribution in [0.25, 0.3) is 21.6 Å². The van der Waals surface area contributed by atoms with Gasteiger partial charge in [-0.3, -0.25) is 9.59 Å². The van der Waals surface area contributed by atoms with E-state index in [-0.39, 0.29) is 23.1 Å². The van der Waals surface area contributed by atoms with Crippen molar-refractivity contribution < 1.29 is 9.59 Å². The lowest BCUT2D eigenvalue weighted by Gasteiger charge is -2.07. The number of aromatic nitrogens is 6. The van der Waals surface area contributed by atoms with Crippen molar-refractivity contribution in [1.82, 2.24) is 29.2 Å². The number of nitrogens with zero attached hydrogens (tertiary/aromatic N) is 6. The zero-order chi connectivity index (χ0) is 28.8. The molecule has 6 aromatic rings. The Morgan fingerprint density at radius 2 is 1.31 bits per heavy atom. The van der Waals surface area contributed by atoms with Crippen molar-refractivity contribution >= 4 is 91.3 Å². The lowest BCUT2D eigenvalue weighted by Crippen LogP contribution is -2.05. The fraction of sp³-hybridized carbons (Fsp3) is 0.241. The van der Waals surface area contributed by atoms with Crippen molar-refractivity contribution in [3.8, 4) is 0 Å². The molecule has 4 heterocycles. The molecule has 2 aromatic carbocycles. The molecular formula is C29H22Cl2N6O2S3. The summed E-state index contributed by atoms with van der Waals surface area (Å²) in [6.45, 7) is 0. The molecule has 42 heavy (non-hydrogen) atoms. The standard InChI is InChI=1S/C29H22Cl2N6O2S3/c30-18-10-6-16(7-11-18)21(38)14-40-28-34-32-25-24-20-4-2-1-3-5-23(20)42-26(24)37-27(36(25)28)33-35-29(37)41-15-22(39)17-8-12-19(31)13-9-17/h6-13H,1-5,14-15H2. The van der Waals surface area contributed by atoms with E-state index in [0.29, 0.717) is 37.3 Å². The van der Waals surface area contributed by atoms with Crippen LogP contribution in [0, 0.1) is 0 Å². The minimum absolute atomic E-state index is 0.0195. The molecule has 8 nitrogen and oxygen atoms in total. The number of hydrogen-bond donors (Lipinski definition) is 0. The Morgan fingerprint density at radius 1 is 0.738 bits per heavy atom. The predicted molar refractivity (Wildman–Crippen MR) is 169 cm³/mol. The summed E-state index contributed by atoms with van der Waals surface area (Å²) in [7, 11) is 0. The van der Waals surface area contributed by atoms with Gasteiger partial charge in [0.15, 0.2) is 27.5 Å². The molecule has 0 unspecified atom stereocenters.